The molecule has 0 saturated carbocycles. The van der Waals surface area contributed by atoms with Crippen molar-refractivity contribution in [3.05, 3.63) is 0 Å². The Kier molecular flexibility index (Phi) is 5.68. The molecule has 5 nitrogen and oxygen atoms in total. The van der Waals surface area contributed by atoms with Gasteiger partial charge in [0, 0.05) is 6.54 Å². The van der Waals surface area contributed by atoms with Crippen molar-refractivity contribution < 1.29 is 19.1 Å². The van der Waals surface area contributed by atoms with Crippen molar-refractivity contribution >= 4 is 5.97 Å². The molecule has 0 saturated heterocycles. The number of carbonyl (C=O) groups is 1. The zero-order valence-electron chi connectivity index (χ0n) is 9.19. The predicted octanol–water partition coefficient (Wildman–Crippen LogP) is -0.489. The summed E-state index contributed by atoms with van der Waals surface area (Å²) in [4.78, 5) is 10.5. The number of hydrogen-bond acceptors (Lipinski definition) is 3. The molecule has 1 unspecified atom stereocenters. The minimum Gasteiger partial charge on any atom is -0.481 e. The van der Waals surface area contributed by atoms with Gasteiger partial charge >= 0.3 is 5.97 Å². The molecule has 0 fully saturated rings. The Balaban J connectivity index is 4.03. The molecule has 0 aromatic heterocycles. The molecule has 0 aliphatic rings. The van der Waals surface area contributed by atoms with Crippen LogP contribution in [0.4, 0.5) is 0 Å². The first-order valence-electron chi connectivity index (χ1n) is 4.69. The molecular formula is C9H21N2O3+. The van der Waals surface area contributed by atoms with E-state index >= 15 is 0 Å². The second kappa shape index (κ2) is 5.95. The molecule has 0 bridgehead atoms. The van der Waals surface area contributed by atoms with Gasteiger partial charge in [0.25, 0.3) is 0 Å². The summed E-state index contributed by atoms with van der Waals surface area (Å²) in [6, 6.07) is 0. The third-order valence-electron chi connectivity index (χ3n) is 1.63. The van der Waals surface area contributed by atoms with Crippen molar-refractivity contribution in [3.8, 4) is 0 Å². The zero-order chi connectivity index (χ0) is 11.2. The highest BCUT2D eigenvalue weighted by Gasteiger charge is 2.21. The standard InChI is InChI=1S/C9H20N2O3/c1-11(2,3)7-8(6-9(12)13)14-5-4-10/h8H,4-7,10H2,1-3H3/p+1. The lowest BCUT2D eigenvalue weighted by atomic mass is 10.2. The van der Waals surface area contributed by atoms with Crippen LogP contribution in [0.3, 0.4) is 0 Å². The van der Waals surface area contributed by atoms with Crippen LogP contribution in [0.2, 0.25) is 0 Å². The third kappa shape index (κ3) is 7.97. The van der Waals surface area contributed by atoms with Gasteiger partial charge in [-0.3, -0.25) is 4.79 Å². The lowest BCUT2D eigenvalue weighted by molar-refractivity contribution is -0.873. The summed E-state index contributed by atoms with van der Waals surface area (Å²) >= 11 is 0. The van der Waals surface area contributed by atoms with Gasteiger partial charge in [-0.2, -0.15) is 0 Å². The maximum atomic E-state index is 10.5. The Morgan fingerprint density at radius 2 is 2.07 bits per heavy atom. The minimum absolute atomic E-state index is 0.0372. The number of hydrogen-bond donors (Lipinski definition) is 2. The minimum atomic E-state index is -0.833. The molecular weight excluding hydrogens is 184 g/mol. The van der Waals surface area contributed by atoms with Gasteiger partial charge in [0.1, 0.15) is 12.6 Å². The average Bonchev–Trinajstić information content (AvgIpc) is 1.96. The molecule has 0 amide bonds. The van der Waals surface area contributed by atoms with Crippen LogP contribution in [0.15, 0.2) is 0 Å². The van der Waals surface area contributed by atoms with Gasteiger partial charge in [-0.05, 0) is 0 Å². The van der Waals surface area contributed by atoms with Gasteiger partial charge in [-0.1, -0.05) is 0 Å². The van der Waals surface area contributed by atoms with E-state index in [-0.39, 0.29) is 12.5 Å². The van der Waals surface area contributed by atoms with Crippen LogP contribution in [0, 0.1) is 0 Å². The SMILES string of the molecule is C[N+](C)(C)CC(CC(=O)O)OCCN. The van der Waals surface area contributed by atoms with Crippen LogP contribution in [-0.4, -0.2) is 62.5 Å². The number of nitrogens with two attached hydrogens (primary N) is 1. The molecule has 0 aromatic rings. The van der Waals surface area contributed by atoms with E-state index in [9.17, 15) is 4.79 Å². The van der Waals surface area contributed by atoms with Gasteiger partial charge in [0.15, 0.2) is 0 Å². The summed E-state index contributed by atoms with van der Waals surface area (Å²) in [5.74, 6) is -0.833. The molecule has 0 spiro atoms. The molecule has 1 atom stereocenters. The van der Waals surface area contributed by atoms with Crippen LogP contribution in [0.1, 0.15) is 6.42 Å². The second-order valence-corrected chi connectivity index (χ2v) is 4.35. The van der Waals surface area contributed by atoms with E-state index in [0.717, 1.165) is 0 Å². The Morgan fingerprint density at radius 1 is 1.50 bits per heavy atom. The Morgan fingerprint density at radius 3 is 2.43 bits per heavy atom. The Bertz CT molecular complexity index is 177. The fourth-order valence-electron chi connectivity index (χ4n) is 1.22. The summed E-state index contributed by atoms with van der Waals surface area (Å²) in [5, 5.41) is 8.66. The first kappa shape index (κ1) is 13.4. The summed E-state index contributed by atoms with van der Waals surface area (Å²) < 4.78 is 6.04. The van der Waals surface area contributed by atoms with Crippen LogP contribution >= 0.6 is 0 Å². The van der Waals surface area contributed by atoms with E-state index < -0.39 is 5.97 Å². The monoisotopic (exact) mass is 205 g/mol. The van der Waals surface area contributed by atoms with Crippen molar-refractivity contribution in [2.45, 2.75) is 12.5 Å². The zero-order valence-corrected chi connectivity index (χ0v) is 9.19. The number of ether oxygens (including phenoxy) is 1. The van der Waals surface area contributed by atoms with E-state index in [1.807, 2.05) is 21.1 Å². The molecule has 0 aliphatic heterocycles. The van der Waals surface area contributed by atoms with Crippen molar-refractivity contribution in [2.75, 3.05) is 40.8 Å². The van der Waals surface area contributed by atoms with Crippen LogP contribution in [0.25, 0.3) is 0 Å². The summed E-state index contributed by atoms with van der Waals surface area (Å²) in [5.41, 5.74) is 5.29. The number of carboxylic acids is 1. The topological polar surface area (TPSA) is 72.5 Å². The number of quaternary nitrogens is 1. The molecule has 84 valence electrons. The molecule has 0 heterocycles. The van der Waals surface area contributed by atoms with Crippen LogP contribution in [-0.2, 0) is 9.53 Å². The van der Waals surface area contributed by atoms with E-state index in [2.05, 4.69) is 0 Å². The number of likely N-dealkylation sites (N-methyl/N-ethyl adjacent to an activating group) is 1. The largest absolute Gasteiger partial charge is 0.481 e. The summed E-state index contributed by atoms with van der Waals surface area (Å²) in [7, 11) is 6.00. The lowest BCUT2D eigenvalue weighted by Gasteiger charge is -2.28. The molecule has 3 N–H and O–H groups in total. The van der Waals surface area contributed by atoms with Crippen LogP contribution in [0.5, 0.6) is 0 Å². The second-order valence-electron chi connectivity index (χ2n) is 4.35. The summed E-state index contributed by atoms with van der Waals surface area (Å²) in [6.07, 6.45) is -0.216. The Labute approximate surface area is 85.0 Å². The molecule has 0 radical (unpaired) electrons. The maximum Gasteiger partial charge on any atom is 0.306 e. The number of rotatable bonds is 7. The number of carboxylic acid groups (broad SMARTS) is 1. The molecule has 0 rings (SSSR count). The Hall–Kier alpha value is -0.650. The van der Waals surface area contributed by atoms with Crippen molar-refractivity contribution in [1.82, 2.24) is 0 Å². The van der Waals surface area contributed by atoms with E-state index in [4.69, 9.17) is 15.6 Å². The first-order chi connectivity index (χ1) is 6.35. The van der Waals surface area contributed by atoms with Crippen molar-refractivity contribution in [3.63, 3.8) is 0 Å². The fourth-order valence-corrected chi connectivity index (χ4v) is 1.22. The van der Waals surface area contributed by atoms with Gasteiger partial charge in [-0.25, -0.2) is 0 Å². The highest BCUT2D eigenvalue weighted by molar-refractivity contribution is 5.67. The first-order valence-corrected chi connectivity index (χ1v) is 4.69. The van der Waals surface area contributed by atoms with Crippen LogP contribution < -0.4 is 5.73 Å². The normalized spacial score (nSPS) is 14.0. The maximum absolute atomic E-state index is 10.5. The lowest BCUT2D eigenvalue weighted by Crippen LogP contribution is -2.43. The average molecular weight is 205 g/mol. The van der Waals surface area contributed by atoms with Gasteiger partial charge in [0.2, 0.25) is 0 Å². The molecule has 5 heteroatoms. The highest BCUT2D eigenvalue weighted by atomic mass is 16.5. The van der Waals surface area contributed by atoms with E-state index in [1.54, 1.807) is 0 Å². The van der Waals surface area contributed by atoms with Gasteiger partial charge in [0.05, 0.1) is 34.2 Å². The molecule has 0 aliphatic carbocycles. The molecule has 0 aromatic carbocycles. The van der Waals surface area contributed by atoms with E-state index in [0.29, 0.717) is 24.2 Å². The van der Waals surface area contributed by atoms with Crippen molar-refractivity contribution in [1.29, 1.82) is 0 Å². The van der Waals surface area contributed by atoms with Gasteiger partial charge < -0.3 is 20.1 Å². The quantitative estimate of drug-likeness (QED) is 0.550. The number of nitrogens with zero attached hydrogens (tertiary/aromatic N) is 1. The van der Waals surface area contributed by atoms with Crippen molar-refractivity contribution in [2.24, 2.45) is 5.73 Å². The highest BCUT2D eigenvalue weighted by Crippen LogP contribution is 2.04. The third-order valence-corrected chi connectivity index (χ3v) is 1.63. The summed E-state index contributed by atoms with van der Waals surface area (Å²) in [6.45, 7) is 1.51. The molecule has 14 heavy (non-hydrogen) atoms. The van der Waals surface area contributed by atoms with Gasteiger partial charge in [-0.15, -0.1) is 0 Å². The fraction of sp³-hybridized carbons (Fsp3) is 0.889. The van der Waals surface area contributed by atoms with E-state index in [1.165, 1.54) is 0 Å². The smallest absolute Gasteiger partial charge is 0.306 e. The number of aliphatic carboxylic acids is 1. The predicted molar refractivity (Wildman–Crippen MR) is 53.9 cm³/mol.